The SMILES string of the molecule is COn1[nH]c2cc(S(F)(F)(F)(F)F)ccc2c1=O. The van der Waals surface area contributed by atoms with Gasteiger partial charge in [0, 0.05) is 0 Å². The Hall–Kier alpha value is -1.71. The predicted octanol–water partition coefficient (Wildman–Crippen LogP) is 3.05. The van der Waals surface area contributed by atoms with Gasteiger partial charge in [0.15, 0.2) is 0 Å². The number of halogens is 5. The molecule has 102 valence electrons. The van der Waals surface area contributed by atoms with Crippen molar-refractivity contribution in [3.05, 3.63) is 28.6 Å². The van der Waals surface area contributed by atoms with Gasteiger partial charge in [-0.05, 0) is 18.2 Å². The van der Waals surface area contributed by atoms with E-state index in [0.717, 1.165) is 7.11 Å². The van der Waals surface area contributed by atoms with Crippen LogP contribution < -0.4 is 10.4 Å². The Morgan fingerprint density at radius 1 is 1.22 bits per heavy atom. The second-order valence-electron chi connectivity index (χ2n) is 3.57. The van der Waals surface area contributed by atoms with Crippen LogP contribution in [0.3, 0.4) is 0 Å². The number of benzene rings is 1. The van der Waals surface area contributed by atoms with Gasteiger partial charge in [-0.3, -0.25) is 9.89 Å². The summed E-state index contributed by atoms with van der Waals surface area (Å²) in [7, 11) is -8.65. The van der Waals surface area contributed by atoms with Gasteiger partial charge < -0.3 is 4.84 Å². The van der Waals surface area contributed by atoms with Crippen molar-refractivity contribution in [1.82, 2.24) is 9.94 Å². The topological polar surface area (TPSA) is 47.0 Å². The number of H-pyrrole nitrogens is 1. The minimum atomic E-state index is -9.75. The highest BCUT2D eigenvalue weighted by molar-refractivity contribution is 8.45. The second-order valence-corrected chi connectivity index (χ2v) is 5.98. The molecule has 0 saturated carbocycles. The monoisotopic (exact) mass is 290 g/mol. The molecule has 10 heteroatoms. The zero-order chi connectivity index (χ0) is 13.8. The molecule has 2 aromatic rings. The lowest BCUT2D eigenvalue weighted by atomic mass is 10.2. The zero-order valence-electron chi connectivity index (χ0n) is 8.79. The second kappa shape index (κ2) is 2.82. The van der Waals surface area contributed by atoms with Crippen LogP contribution in [0.25, 0.3) is 10.9 Å². The zero-order valence-corrected chi connectivity index (χ0v) is 9.61. The molecule has 0 aliphatic rings. The molecule has 0 atom stereocenters. The molecule has 1 aromatic heterocycles. The molecule has 1 heterocycles. The predicted molar refractivity (Wildman–Crippen MR) is 56.5 cm³/mol. The highest BCUT2D eigenvalue weighted by Crippen LogP contribution is 3.02. The number of rotatable bonds is 2. The molecular weight excluding hydrogens is 283 g/mol. The Labute approximate surface area is 96.6 Å². The van der Waals surface area contributed by atoms with Crippen molar-refractivity contribution in [3.8, 4) is 0 Å². The highest BCUT2D eigenvalue weighted by atomic mass is 32.5. The molecule has 0 saturated heterocycles. The fourth-order valence-corrected chi connectivity index (χ4v) is 2.11. The first-order valence-corrected chi connectivity index (χ1v) is 6.41. The van der Waals surface area contributed by atoms with E-state index in [2.05, 4.69) is 9.94 Å². The van der Waals surface area contributed by atoms with E-state index in [1.807, 2.05) is 0 Å². The minimum absolute atomic E-state index is 0.178. The first kappa shape index (κ1) is 12.7. The molecule has 0 unspecified atom stereocenters. The average molecular weight is 290 g/mol. The maximum atomic E-state index is 12.5. The van der Waals surface area contributed by atoms with Crippen molar-refractivity contribution in [2.75, 3.05) is 7.11 Å². The summed E-state index contributed by atoms with van der Waals surface area (Å²) in [5.41, 5.74) is -1.14. The van der Waals surface area contributed by atoms with E-state index in [1.165, 1.54) is 0 Å². The van der Waals surface area contributed by atoms with Gasteiger partial charge in [-0.25, -0.2) is 0 Å². The van der Waals surface area contributed by atoms with E-state index >= 15 is 0 Å². The van der Waals surface area contributed by atoms with Gasteiger partial charge in [0.25, 0.3) is 0 Å². The number of aromatic amines is 1. The third-order valence-corrected chi connectivity index (χ3v) is 3.40. The Bertz CT molecular complexity index is 687. The molecule has 1 N–H and O–H groups in total. The summed E-state index contributed by atoms with van der Waals surface area (Å²) in [5, 5.41) is 1.95. The van der Waals surface area contributed by atoms with Crippen LogP contribution in [0.15, 0.2) is 27.9 Å². The van der Waals surface area contributed by atoms with Gasteiger partial charge in [-0.15, -0.1) is 0 Å². The maximum Gasteiger partial charge on any atom is 0.310 e. The molecule has 0 radical (unpaired) electrons. The standard InChI is InChI=1S/C8H7F5N2O2S/c1-17-15-8(16)6-3-2-5(4-7(6)14-15)18(9,10,11,12)13/h2-4,14H,1H3. The van der Waals surface area contributed by atoms with Gasteiger partial charge in [-0.2, -0.15) is 0 Å². The molecule has 0 spiro atoms. The van der Waals surface area contributed by atoms with Crippen LogP contribution in [-0.4, -0.2) is 17.1 Å². The summed E-state index contributed by atoms with van der Waals surface area (Å²) < 4.78 is 62.7. The largest absolute Gasteiger partial charge is 0.398 e. The molecule has 0 aliphatic heterocycles. The van der Waals surface area contributed by atoms with Crippen molar-refractivity contribution in [3.63, 3.8) is 0 Å². The van der Waals surface area contributed by atoms with Crippen LogP contribution in [0.2, 0.25) is 0 Å². The molecule has 2 rings (SSSR count). The number of nitrogens with zero attached hydrogens (tertiary/aromatic N) is 1. The van der Waals surface area contributed by atoms with E-state index in [4.69, 9.17) is 0 Å². The first-order chi connectivity index (χ1) is 7.92. The third kappa shape index (κ3) is 2.03. The van der Waals surface area contributed by atoms with Crippen LogP contribution in [0.4, 0.5) is 19.4 Å². The van der Waals surface area contributed by atoms with Crippen molar-refractivity contribution < 1.29 is 24.3 Å². The molecule has 1 aromatic carbocycles. The Kier molecular flexibility index (Phi) is 1.99. The number of aromatic nitrogens is 2. The highest BCUT2D eigenvalue weighted by Gasteiger charge is 2.65. The molecule has 4 nitrogen and oxygen atoms in total. The fourth-order valence-electron chi connectivity index (χ4n) is 1.44. The molecule has 0 amide bonds. The van der Waals surface area contributed by atoms with Crippen LogP contribution in [0.1, 0.15) is 0 Å². The maximum absolute atomic E-state index is 12.5. The lowest BCUT2D eigenvalue weighted by molar-refractivity contribution is 0.128. The van der Waals surface area contributed by atoms with Crippen molar-refractivity contribution >= 4 is 21.1 Å². The fraction of sp³-hybridized carbons (Fsp3) is 0.125. The lowest BCUT2D eigenvalue weighted by Crippen LogP contribution is -2.21. The van der Waals surface area contributed by atoms with E-state index in [0.29, 0.717) is 10.9 Å². The molecule has 0 aliphatic carbocycles. The normalized spacial score (nSPS) is 16.3. The number of nitrogens with one attached hydrogen (secondary N) is 1. The molecule has 18 heavy (non-hydrogen) atoms. The minimum Gasteiger partial charge on any atom is -0.398 e. The Morgan fingerprint density at radius 3 is 2.33 bits per heavy atom. The van der Waals surface area contributed by atoms with Crippen molar-refractivity contribution in [1.29, 1.82) is 0 Å². The first-order valence-electron chi connectivity index (χ1n) is 4.46. The van der Waals surface area contributed by atoms with Crippen LogP contribution in [0, 0.1) is 0 Å². The summed E-state index contributed by atoms with van der Waals surface area (Å²) in [5.74, 6) is 0. The number of fused-ring (bicyclic) bond motifs is 1. The summed E-state index contributed by atoms with van der Waals surface area (Å²) in [6, 6.07) is 1.05. The van der Waals surface area contributed by atoms with E-state index < -0.39 is 20.7 Å². The van der Waals surface area contributed by atoms with Crippen LogP contribution in [0.5, 0.6) is 0 Å². The van der Waals surface area contributed by atoms with E-state index in [-0.39, 0.29) is 23.0 Å². The van der Waals surface area contributed by atoms with Gasteiger partial charge in [0.1, 0.15) is 12.0 Å². The van der Waals surface area contributed by atoms with Crippen LogP contribution in [-0.2, 0) is 0 Å². The molecular formula is C8H7F5N2O2S. The van der Waals surface area contributed by atoms with Gasteiger partial charge in [0.2, 0.25) is 0 Å². The van der Waals surface area contributed by atoms with Crippen LogP contribution >= 0.6 is 10.2 Å². The summed E-state index contributed by atoms with van der Waals surface area (Å²) in [6.07, 6.45) is 0. The summed E-state index contributed by atoms with van der Waals surface area (Å²) in [4.78, 5) is 14.4. The Morgan fingerprint density at radius 2 is 1.83 bits per heavy atom. The molecule has 0 fully saturated rings. The van der Waals surface area contributed by atoms with Crippen molar-refractivity contribution in [2.24, 2.45) is 0 Å². The van der Waals surface area contributed by atoms with Gasteiger partial charge >= 0.3 is 15.8 Å². The van der Waals surface area contributed by atoms with E-state index in [1.54, 1.807) is 0 Å². The van der Waals surface area contributed by atoms with Crippen molar-refractivity contribution in [2.45, 2.75) is 4.90 Å². The third-order valence-electron chi connectivity index (χ3n) is 2.26. The number of hydrogen-bond acceptors (Lipinski definition) is 2. The summed E-state index contributed by atoms with van der Waals surface area (Å²) >= 11 is 0. The van der Waals surface area contributed by atoms with Gasteiger partial charge in [-0.1, -0.05) is 24.3 Å². The van der Waals surface area contributed by atoms with E-state index in [9.17, 15) is 24.2 Å². The molecule has 0 bridgehead atoms. The average Bonchev–Trinajstić information content (AvgIpc) is 2.52. The Balaban J connectivity index is 2.78. The smallest absolute Gasteiger partial charge is 0.310 e. The number of hydrogen-bond donors (Lipinski definition) is 1. The van der Waals surface area contributed by atoms with Gasteiger partial charge in [0.05, 0.1) is 10.9 Å². The summed E-state index contributed by atoms with van der Waals surface area (Å²) in [6.45, 7) is 0. The quantitative estimate of drug-likeness (QED) is 0.864. The lowest BCUT2D eigenvalue weighted by Gasteiger charge is -2.40.